The number of aryl methyl sites for hydroxylation is 1. The fourth-order valence-corrected chi connectivity index (χ4v) is 4.03. The first-order valence-corrected chi connectivity index (χ1v) is 11.0. The molecule has 7 nitrogen and oxygen atoms in total. The number of nitrogens with zero attached hydrogens (tertiary/aromatic N) is 1. The Morgan fingerprint density at radius 1 is 1.27 bits per heavy atom. The molecule has 1 aliphatic heterocycles. The summed E-state index contributed by atoms with van der Waals surface area (Å²) in [4.78, 5) is 12.2. The number of nitrogens with one attached hydrogen (secondary N) is 1. The maximum absolute atomic E-state index is 14.1. The summed E-state index contributed by atoms with van der Waals surface area (Å²) >= 11 is 0. The molecule has 0 spiro atoms. The number of benzene rings is 2. The monoisotopic (exact) mass is 436 g/mol. The van der Waals surface area contributed by atoms with Crippen LogP contribution in [0.4, 0.5) is 10.1 Å². The van der Waals surface area contributed by atoms with Gasteiger partial charge in [0.05, 0.1) is 11.8 Å². The van der Waals surface area contributed by atoms with Gasteiger partial charge >= 0.3 is 0 Å². The highest BCUT2D eigenvalue weighted by atomic mass is 32.2. The topological polar surface area (TPSA) is 84.9 Å². The van der Waals surface area contributed by atoms with Crippen molar-refractivity contribution in [2.45, 2.75) is 30.8 Å². The normalized spacial score (nSPS) is 16.6. The van der Waals surface area contributed by atoms with Gasteiger partial charge in [0.15, 0.2) is 0 Å². The lowest BCUT2D eigenvalue weighted by molar-refractivity contribution is 0.0681. The van der Waals surface area contributed by atoms with E-state index in [1.807, 2.05) is 13.0 Å². The number of hydrogen-bond donors (Lipinski definition) is 1. The third kappa shape index (κ3) is 4.97. The first-order chi connectivity index (χ1) is 14.2. The highest BCUT2D eigenvalue weighted by molar-refractivity contribution is 7.89. The second kappa shape index (κ2) is 9.11. The van der Waals surface area contributed by atoms with Gasteiger partial charge in [0, 0.05) is 26.3 Å². The predicted octanol–water partition coefficient (Wildman–Crippen LogP) is 3.19. The third-order valence-electron chi connectivity index (χ3n) is 4.79. The predicted molar refractivity (Wildman–Crippen MR) is 111 cm³/mol. The van der Waals surface area contributed by atoms with E-state index >= 15 is 0 Å². The number of ether oxygens (including phenoxy) is 2. The van der Waals surface area contributed by atoms with E-state index in [9.17, 15) is 17.6 Å². The van der Waals surface area contributed by atoms with Crippen LogP contribution in [0.25, 0.3) is 0 Å². The average molecular weight is 437 g/mol. The summed E-state index contributed by atoms with van der Waals surface area (Å²) in [5.41, 5.74) is 1.41. The van der Waals surface area contributed by atoms with Crippen LogP contribution in [-0.4, -0.2) is 52.0 Å². The number of halogens is 1. The number of sulfonamides is 1. The quantitative estimate of drug-likeness (QED) is 0.721. The maximum Gasteiger partial charge on any atom is 0.255 e. The summed E-state index contributed by atoms with van der Waals surface area (Å²) in [5.74, 6) is -1.01. The summed E-state index contributed by atoms with van der Waals surface area (Å²) in [6.07, 6.45) is 1.94. The largest absolute Gasteiger partial charge is 0.489 e. The van der Waals surface area contributed by atoms with Gasteiger partial charge in [0.1, 0.15) is 23.1 Å². The SMILES string of the molecule is Cc1ccc(NC(=O)c2ccc(F)c(S(=O)(=O)N(C)C)c2)c(OCC2CCCO2)c1. The molecule has 0 bridgehead atoms. The molecule has 1 amide bonds. The summed E-state index contributed by atoms with van der Waals surface area (Å²) in [5, 5.41) is 2.72. The minimum absolute atomic E-state index is 0.0162. The van der Waals surface area contributed by atoms with Crippen molar-refractivity contribution in [3.05, 3.63) is 53.3 Å². The molecule has 0 aliphatic carbocycles. The van der Waals surface area contributed by atoms with Gasteiger partial charge in [-0.05, 0) is 55.7 Å². The minimum atomic E-state index is -4.03. The van der Waals surface area contributed by atoms with Crippen LogP contribution >= 0.6 is 0 Å². The molecule has 2 aromatic rings. The van der Waals surface area contributed by atoms with Crippen LogP contribution in [0, 0.1) is 12.7 Å². The zero-order valence-electron chi connectivity index (χ0n) is 17.1. The van der Waals surface area contributed by atoms with Crippen molar-refractivity contribution in [2.24, 2.45) is 0 Å². The molecule has 1 heterocycles. The van der Waals surface area contributed by atoms with Gasteiger partial charge in [-0.3, -0.25) is 4.79 Å². The molecular formula is C21H25FN2O5S. The molecule has 0 aromatic heterocycles. The Balaban J connectivity index is 1.82. The molecule has 1 unspecified atom stereocenters. The zero-order valence-corrected chi connectivity index (χ0v) is 18.0. The maximum atomic E-state index is 14.1. The van der Waals surface area contributed by atoms with E-state index in [4.69, 9.17) is 9.47 Å². The number of rotatable bonds is 7. The molecule has 30 heavy (non-hydrogen) atoms. The van der Waals surface area contributed by atoms with Crippen molar-refractivity contribution in [3.8, 4) is 5.75 Å². The van der Waals surface area contributed by atoms with E-state index in [0.29, 0.717) is 24.7 Å². The molecule has 162 valence electrons. The van der Waals surface area contributed by atoms with E-state index in [1.165, 1.54) is 20.2 Å². The van der Waals surface area contributed by atoms with E-state index in [1.54, 1.807) is 12.1 Å². The van der Waals surface area contributed by atoms with E-state index in [0.717, 1.165) is 34.8 Å². The Morgan fingerprint density at radius 3 is 2.70 bits per heavy atom. The molecule has 9 heteroatoms. The van der Waals surface area contributed by atoms with Crippen molar-refractivity contribution in [2.75, 3.05) is 32.6 Å². The Morgan fingerprint density at radius 2 is 2.03 bits per heavy atom. The lowest BCUT2D eigenvalue weighted by Crippen LogP contribution is -2.24. The summed E-state index contributed by atoms with van der Waals surface area (Å²) in [6, 6.07) is 8.56. The molecule has 2 aromatic carbocycles. The zero-order chi connectivity index (χ0) is 21.9. The summed E-state index contributed by atoms with van der Waals surface area (Å²) in [7, 11) is -1.43. The Labute approximate surface area is 175 Å². The molecule has 1 atom stereocenters. The van der Waals surface area contributed by atoms with Gasteiger partial charge in [-0.25, -0.2) is 17.1 Å². The fraction of sp³-hybridized carbons (Fsp3) is 0.381. The van der Waals surface area contributed by atoms with Crippen LogP contribution in [-0.2, 0) is 14.8 Å². The molecule has 1 fully saturated rings. The van der Waals surface area contributed by atoms with E-state index in [2.05, 4.69) is 5.32 Å². The molecule has 1 aliphatic rings. The highest BCUT2D eigenvalue weighted by Crippen LogP contribution is 2.28. The third-order valence-corrected chi connectivity index (χ3v) is 6.62. The van der Waals surface area contributed by atoms with Crippen LogP contribution in [0.15, 0.2) is 41.3 Å². The van der Waals surface area contributed by atoms with Crippen LogP contribution < -0.4 is 10.1 Å². The lowest BCUT2D eigenvalue weighted by atomic mass is 10.1. The Bertz CT molecular complexity index is 1030. The van der Waals surface area contributed by atoms with E-state index < -0.39 is 26.6 Å². The van der Waals surface area contributed by atoms with Crippen LogP contribution in [0.1, 0.15) is 28.8 Å². The van der Waals surface area contributed by atoms with Crippen LogP contribution in [0.5, 0.6) is 5.75 Å². The van der Waals surface area contributed by atoms with Crippen molar-refractivity contribution >= 4 is 21.6 Å². The van der Waals surface area contributed by atoms with Gasteiger partial charge in [-0.1, -0.05) is 6.07 Å². The molecular weight excluding hydrogens is 411 g/mol. The first kappa shape index (κ1) is 22.2. The molecule has 0 radical (unpaired) electrons. The molecule has 3 rings (SSSR count). The number of carbonyl (C=O) groups excluding carboxylic acids is 1. The second-order valence-corrected chi connectivity index (χ2v) is 9.45. The van der Waals surface area contributed by atoms with Crippen LogP contribution in [0.2, 0.25) is 0 Å². The highest BCUT2D eigenvalue weighted by Gasteiger charge is 2.24. The average Bonchev–Trinajstić information content (AvgIpc) is 3.21. The molecule has 1 saturated heterocycles. The van der Waals surface area contributed by atoms with Crippen molar-refractivity contribution in [1.29, 1.82) is 0 Å². The summed E-state index contributed by atoms with van der Waals surface area (Å²) < 4.78 is 51.0. The van der Waals surface area contributed by atoms with Gasteiger partial charge in [0.25, 0.3) is 5.91 Å². The van der Waals surface area contributed by atoms with Gasteiger partial charge in [0.2, 0.25) is 10.0 Å². The van der Waals surface area contributed by atoms with Crippen molar-refractivity contribution < 1.29 is 27.1 Å². The smallest absolute Gasteiger partial charge is 0.255 e. The Kier molecular flexibility index (Phi) is 6.74. The Hall–Kier alpha value is -2.49. The molecule has 0 saturated carbocycles. The summed E-state index contributed by atoms with van der Waals surface area (Å²) in [6.45, 7) is 2.99. The molecule has 1 N–H and O–H groups in total. The number of anilines is 1. The first-order valence-electron chi connectivity index (χ1n) is 9.57. The number of hydrogen-bond acceptors (Lipinski definition) is 5. The standard InChI is InChI=1S/C21H25FN2O5S/c1-14-6-9-18(19(11-14)29-13-16-5-4-10-28-16)23-21(25)15-7-8-17(22)20(12-15)30(26,27)24(2)3/h6-9,11-12,16H,4-5,10,13H2,1-3H3,(H,23,25). The second-order valence-electron chi connectivity index (χ2n) is 7.33. The van der Waals surface area contributed by atoms with E-state index in [-0.39, 0.29) is 11.7 Å². The fourth-order valence-electron chi connectivity index (χ4n) is 3.04. The van der Waals surface area contributed by atoms with Crippen molar-refractivity contribution in [3.63, 3.8) is 0 Å². The van der Waals surface area contributed by atoms with Crippen LogP contribution in [0.3, 0.4) is 0 Å². The van der Waals surface area contributed by atoms with Crippen molar-refractivity contribution in [1.82, 2.24) is 4.31 Å². The number of carbonyl (C=O) groups is 1. The van der Waals surface area contributed by atoms with Gasteiger partial charge in [-0.15, -0.1) is 0 Å². The minimum Gasteiger partial charge on any atom is -0.489 e. The van der Waals surface area contributed by atoms with Gasteiger partial charge < -0.3 is 14.8 Å². The lowest BCUT2D eigenvalue weighted by Gasteiger charge is -2.16. The van der Waals surface area contributed by atoms with Gasteiger partial charge in [-0.2, -0.15) is 0 Å². The number of amides is 1.